The maximum atomic E-state index is 12.2. The van der Waals surface area contributed by atoms with Gasteiger partial charge in [-0.3, -0.25) is 9.59 Å². The number of carboxylic acid groups (broad SMARTS) is 1. The average Bonchev–Trinajstić information content (AvgIpc) is 2.89. The molecule has 1 saturated carbocycles. The van der Waals surface area contributed by atoms with Gasteiger partial charge in [0.2, 0.25) is 0 Å². The maximum absolute atomic E-state index is 12.2. The molecule has 1 fully saturated rings. The zero-order chi connectivity index (χ0) is 20.4. The van der Waals surface area contributed by atoms with E-state index >= 15 is 0 Å². The van der Waals surface area contributed by atoms with Crippen LogP contribution >= 0.6 is 0 Å². The third kappa shape index (κ3) is 9.90. The number of Topliss-reactive ketones (excluding diaryl/α,β-unsaturated/α-hetero) is 1. The minimum atomic E-state index is -0.966. The number of aliphatic carboxylic acids is 1. The van der Waals surface area contributed by atoms with Crippen molar-refractivity contribution in [3.8, 4) is 0 Å². The summed E-state index contributed by atoms with van der Waals surface area (Å²) in [7, 11) is 0. The Morgan fingerprint density at radius 3 is 2.59 bits per heavy atom. The smallest absolute Gasteiger partial charge is 0.305 e. The lowest BCUT2D eigenvalue weighted by molar-refractivity contribution is -0.139. The first-order valence-electron chi connectivity index (χ1n) is 10.3. The van der Waals surface area contributed by atoms with Gasteiger partial charge in [-0.05, 0) is 57.3 Å². The fraction of sp³-hybridized carbons (Fsp3) is 0.739. The van der Waals surface area contributed by atoms with Crippen LogP contribution in [0.2, 0.25) is 0 Å². The van der Waals surface area contributed by atoms with Crippen molar-refractivity contribution in [1.29, 1.82) is 0 Å². The van der Waals surface area contributed by atoms with Crippen LogP contribution in [-0.4, -0.2) is 28.1 Å². The molecule has 4 heteroatoms. The molecule has 3 atom stereocenters. The summed E-state index contributed by atoms with van der Waals surface area (Å²) in [6.07, 6.45) is 12.5. The van der Waals surface area contributed by atoms with Gasteiger partial charge in [-0.2, -0.15) is 0 Å². The zero-order valence-electron chi connectivity index (χ0n) is 17.5. The Hall–Kier alpha value is -1.42. The first kappa shape index (κ1) is 23.6. The summed E-state index contributed by atoms with van der Waals surface area (Å²) in [5, 5.41) is 18.3. The predicted octanol–water partition coefficient (Wildman–Crippen LogP) is 5.31. The van der Waals surface area contributed by atoms with E-state index in [0.717, 1.165) is 38.5 Å². The number of hydrogen-bond acceptors (Lipinski definition) is 3. The number of hydrogen-bond donors (Lipinski definition) is 2. The van der Waals surface area contributed by atoms with E-state index in [1.54, 1.807) is 0 Å². The van der Waals surface area contributed by atoms with Crippen molar-refractivity contribution in [2.75, 3.05) is 0 Å². The van der Waals surface area contributed by atoms with Gasteiger partial charge in [0.05, 0.1) is 12.5 Å². The molecular weight excluding hydrogens is 340 g/mol. The van der Waals surface area contributed by atoms with Crippen LogP contribution in [-0.2, 0) is 9.59 Å². The summed E-state index contributed by atoms with van der Waals surface area (Å²) >= 11 is 0. The van der Waals surface area contributed by atoms with Gasteiger partial charge in [0.15, 0.2) is 0 Å². The Bertz CT molecular complexity index is 541. The van der Waals surface area contributed by atoms with E-state index in [0.29, 0.717) is 24.5 Å². The Kier molecular flexibility index (Phi) is 10.00. The highest BCUT2D eigenvalue weighted by Gasteiger charge is 2.32. The molecule has 0 aromatic heterocycles. The number of rotatable bonds is 12. The van der Waals surface area contributed by atoms with Crippen LogP contribution in [0, 0.1) is 17.3 Å². The molecule has 154 valence electrons. The number of carbonyl (C=O) groups is 2. The van der Waals surface area contributed by atoms with Crippen LogP contribution in [0.5, 0.6) is 0 Å². The van der Waals surface area contributed by atoms with Gasteiger partial charge in [0, 0.05) is 12.3 Å². The Morgan fingerprint density at radius 2 is 1.96 bits per heavy atom. The van der Waals surface area contributed by atoms with E-state index in [2.05, 4.69) is 45.9 Å². The Morgan fingerprint density at radius 1 is 1.26 bits per heavy atom. The van der Waals surface area contributed by atoms with E-state index in [9.17, 15) is 14.7 Å². The highest BCUT2D eigenvalue weighted by molar-refractivity contribution is 5.83. The highest BCUT2D eigenvalue weighted by atomic mass is 16.4. The maximum Gasteiger partial charge on any atom is 0.305 e. The molecule has 0 aromatic rings. The third-order valence-corrected chi connectivity index (χ3v) is 5.48. The summed E-state index contributed by atoms with van der Waals surface area (Å²) in [6, 6.07) is 0. The lowest BCUT2D eigenvalue weighted by atomic mass is 9.83. The predicted molar refractivity (Wildman–Crippen MR) is 110 cm³/mol. The normalized spacial score (nSPS) is 21.6. The molecule has 2 N–H and O–H groups in total. The molecule has 27 heavy (non-hydrogen) atoms. The fourth-order valence-corrected chi connectivity index (χ4v) is 3.71. The molecule has 0 heterocycles. The largest absolute Gasteiger partial charge is 0.481 e. The van der Waals surface area contributed by atoms with Gasteiger partial charge >= 0.3 is 5.97 Å². The number of allylic oxidation sites excluding steroid dienone is 4. The monoisotopic (exact) mass is 378 g/mol. The van der Waals surface area contributed by atoms with E-state index in [4.69, 9.17) is 5.11 Å². The van der Waals surface area contributed by atoms with Gasteiger partial charge in [-0.25, -0.2) is 0 Å². The van der Waals surface area contributed by atoms with Gasteiger partial charge in [0.1, 0.15) is 5.78 Å². The standard InChI is InChI=1S/C23H38O4/c1-17(2)13-15-23(3,4)14-7-8-18-11-12-21(25)20(18)10-6-5-9-19(24)16-22(26)27/h7-8,13,18-20,24H,5-6,9-12,14-16H2,1-4H3,(H,26,27)/t18-,19?,20+/m0/s1. The molecule has 0 saturated heterocycles. The second-order valence-corrected chi connectivity index (χ2v) is 9.09. The van der Waals surface area contributed by atoms with E-state index in [-0.39, 0.29) is 17.8 Å². The molecule has 1 aliphatic carbocycles. The van der Waals surface area contributed by atoms with Crippen LogP contribution in [0.25, 0.3) is 0 Å². The quantitative estimate of drug-likeness (QED) is 0.357. The average molecular weight is 379 g/mol. The Balaban J connectivity index is 2.43. The molecular formula is C23H38O4. The molecule has 0 bridgehead atoms. The zero-order valence-corrected chi connectivity index (χ0v) is 17.5. The molecule has 0 amide bonds. The number of carbonyl (C=O) groups excluding carboxylic acids is 1. The van der Waals surface area contributed by atoms with Crippen LogP contribution in [0.3, 0.4) is 0 Å². The SMILES string of the molecule is CC(C)=CCC(C)(C)CC=C[C@H]1CCC(=O)[C@@H]1CCCCC(O)CC(=O)O. The first-order chi connectivity index (χ1) is 12.6. The summed E-state index contributed by atoms with van der Waals surface area (Å²) in [6.45, 7) is 8.80. The second kappa shape index (κ2) is 11.4. The summed E-state index contributed by atoms with van der Waals surface area (Å²) < 4.78 is 0. The molecule has 4 nitrogen and oxygen atoms in total. The van der Waals surface area contributed by atoms with Crippen LogP contribution in [0.4, 0.5) is 0 Å². The number of ketones is 1. The second-order valence-electron chi connectivity index (χ2n) is 9.09. The minimum Gasteiger partial charge on any atom is -0.481 e. The summed E-state index contributed by atoms with van der Waals surface area (Å²) in [5.41, 5.74) is 1.58. The number of unbranched alkanes of at least 4 members (excludes halogenated alkanes) is 1. The van der Waals surface area contributed by atoms with Crippen molar-refractivity contribution >= 4 is 11.8 Å². The van der Waals surface area contributed by atoms with E-state index in [1.165, 1.54) is 5.57 Å². The van der Waals surface area contributed by atoms with E-state index < -0.39 is 12.1 Å². The third-order valence-electron chi connectivity index (χ3n) is 5.48. The lowest BCUT2D eigenvalue weighted by Gasteiger charge is -2.22. The van der Waals surface area contributed by atoms with Gasteiger partial charge in [-0.15, -0.1) is 0 Å². The van der Waals surface area contributed by atoms with Crippen LogP contribution in [0.15, 0.2) is 23.8 Å². The van der Waals surface area contributed by atoms with Crippen molar-refractivity contribution in [1.82, 2.24) is 0 Å². The number of aliphatic hydroxyl groups excluding tert-OH is 1. The lowest BCUT2D eigenvalue weighted by Crippen LogP contribution is -2.15. The molecule has 0 aromatic carbocycles. The topological polar surface area (TPSA) is 74.6 Å². The number of aliphatic hydroxyl groups is 1. The van der Waals surface area contributed by atoms with Crippen LogP contribution < -0.4 is 0 Å². The molecule has 1 aliphatic rings. The van der Waals surface area contributed by atoms with Crippen molar-refractivity contribution in [3.05, 3.63) is 23.8 Å². The van der Waals surface area contributed by atoms with Crippen molar-refractivity contribution in [2.45, 2.75) is 91.6 Å². The van der Waals surface area contributed by atoms with Crippen LogP contribution in [0.1, 0.15) is 85.5 Å². The Labute approximate surface area is 164 Å². The fourth-order valence-electron chi connectivity index (χ4n) is 3.71. The van der Waals surface area contributed by atoms with Gasteiger partial charge in [-0.1, -0.05) is 50.5 Å². The first-order valence-corrected chi connectivity index (χ1v) is 10.3. The molecule has 1 rings (SSSR count). The summed E-state index contributed by atoms with van der Waals surface area (Å²) in [4.78, 5) is 22.8. The molecule has 0 aliphatic heterocycles. The van der Waals surface area contributed by atoms with Gasteiger partial charge in [0.25, 0.3) is 0 Å². The summed E-state index contributed by atoms with van der Waals surface area (Å²) in [5.74, 6) is -0.176. The molecule has 0 radical (unpaired) electrons. The van der Waals surface area contributed by atoms with Crippen molar-refractivity contribution in [3.63, 3.8) is 0 Å². The van der Waals surface area contributed by atoms with Gasteiger partial charge < -0.3 is 10.2 Å². The molecule has 0 spiro atoms. The van der Waals surface area contributed by atoms with E-state index in [1.807, 2.05) is 0 Å². The van der Waals surface area contributed by atoms with Crippen molar-refractivity contribution in [2.24, 2.45) is 17.3 Å². The number of carboxylic acids is 1. The highest BCUT2D eigenvalue weighted by Crippen LogP contribution is 2.35. The van der Waals surface area contributed by atoms with Crippen molar-refractivity contribution < 1.29 is 19.8 Å². The molecule has 1 unspecified atom stereocenters. The minimum absolute atomic E-state index is 0.0961.